The third kappa shape index (κ3) is 2.58. The third-order valence-corrected chi connectivity index (χ3v) is 4.04. The topological polar surface area (TPSA) is 63.8 Å². The second-order valence-corrected chi connectivity index (χ2v) is 5.72. The number of nitrogens with two attached hydrogens (primary N) is 1. The van der Waals surface area contributed by atoms with E-state index in [-0.39, 0.29) is 0 Å². The summed E-state index contributed by atoms with van der Waals surface area (Å²) in [4.78, 5) is 8.64. The highest BCUT2D eigenvalue weighted by Crippen LogP contribution is 2.27. The molecule has 0 bridgehead atoms. The van der Waals surface area contributed by atoms with Crippen LogP contribution in [-0.4, -0.2) is 16.5 Å². The van der Waals surface area contributed by atoms with E-state index in [1.807, 2.05) is 31.3 Å². The summed E-state index contributed by atoms with van der Waals surface area (Å²) in [6, 6.07) is 5.88. The minimum absolute atomic E-state index is 0.781. The van der Waals surface area contributed by atoms with Gasteiger partial charge in [-0.15, -0.1) is 11.3 Å². The molecule has 0 fully saturated rings. The summed E-state index contributed by atoms with van der Waals surface area (Å²) in [5.41, 5.74) is 8.97. The lowest BCUT2D eigenvalue weighted by atomic mass is 10.1. The van der Waals surface area contributed by atoms with Gasteiger partial charge in [-0.25, -0.2) is 4.98 Å². The van der Waals surface area contributed by atoms with E-state index in [2.05, 4.69) is 20.7 Å². The van der Waals surface area contributed by atoms with Crippen LogP contribution < -0.4 is 11.1 Å². The van der Waals surface area contributed by atoms with E-state index in [4.69, 9.17) is 5.73 Å². The number of aryl methyl sites for hydroxylation is 1. The average molecular weight is 284 g/mol. The number of nitrogen functional groups attached to an aromatic ring is 1. The van der Waals surface area contributed by atoms with Crippen LogP contribution in [0.1, 0.15) is 10.7 Å². The van der Waals surface area contributed by atoms with Gasteiger partial charge in [-0.2, -0.15) is 0 Å². The maximum Gasteiger partial charge on any atom is 0.0897 e. The normalized spacial score (nSPS) is 10.8. The van der Waals surface area contributed by atoms with Crippen molar-refractivity contribution in [3.8, 4) is 0 Å². The molecular formula is C15H16N4S. The molecule has 0 unspecified atom stereocenters. The number of fused-ring (bicyclic) bond motifs is 1. The van der Waals surface area contributed by atoms with Gasteiger partial charge in [0.2, 0.25) is 0 Å². The highest BCUT2D eigenvalue weighted by Gasteiger charge is 2.04. The molecule has 102 valence electrons. The lowest BCUT2D eigenvalue weighted by Gasteiger charge is -2.10. The van der Waals surface area contributed by atoms with Gasteiger partial charge in [0.1, 0.15) is 0 Å². The van der Waals surface area contributed by atoms with Crippen molar-refractivity contribution >= 4 is 33.5 Å². The molecule has 0 atom stereocenters. The number of benzene rings is 1. The first-order chi connectivity index (χ1) is 9.74. The first-order valence-electron chi connectivity index (χ1n) is 6.51. The van der Waals surface area contributed by atoms with Gasteiger partial charge in [-0.05, 0) is 25.1 Å². The van der Waals surface area contributed by atoms with Crippen LogP contribution in [-0.2, 0) is 6.42 Å². The van der Waals surface area contributed by atoms with Crippen molar-refractivity contribution in [2.45, 2.75) is 13.3 Å². The molecule has 5 heteroatoms. The number of pyridine rings is 1. The quantitative estimate of drug-likeness (QED) is 0.722. The van der Waals surface area contributed by atoms with Gasteiger partial charge in [-0.3, -0.25) is 4.98 Å². The maximum absolute atomic E-state index is 5.98. The smallest absolute Gasteiger partial charge is 0.0897 e. The van der Waals surface area contributed by atoms with E-state index in [0.717, 1.165) is 45.8 Å². The summed E-state index contributed by atoms with van der Waals surface area (Å²) >= 11 is 1.69. The first kappa shape index (κ1) is 12.9. The van der Waals surface area contributed by atoms with Gasteiger partial charge in [-0.1, -0.05) is 0 Å². The molecule has 2 heterocycles. The van der Waals surface area contributed by atoms with Gasteiger partial charge in [0.25, 0.3) is 0 Å². The van der Waals surface area contributed by atoms with Crippen LogP contribution in [0.2, 0.25) is 0 Å². The average Bonchev–Trinajstić information content (AvgIpc) is 2.87. The second-order valence-electron chi connectivity index (χ2n) is 4.66. The van der Waals surface area contributed by atoms with Gasteiger partial charge < -0.3 is 11.1 Å². The predicted octanol–water partition coefficient (Wildman–Crippen LogP) is 3.24. The molecule has 0 aliphatic rings. The van der Waals surface area contributed by atoms with Crippen LogP contribution in [0.25, 0.3) is 10.8 Å². The number of aromatic nitrogens is 2. The largest absolute Gasteiger partial charge is 0.398 e. The Morgan fingerprint density at radius 1 is 1.25 bits per heavy atom. The Kier molecular flexibility index (Phi) is 3.52. The molecule has 3 N–H and O–H groups in total. The minimum Gasteiger partial charge on any atom is -0.398 e. The van der Waals surface area contributed by atoms with Crippen molar-refractivity contribution < 1.29 is 0 Å². The molecule has 0 aliphatic carbocycles. The molecule has 0 aliphatic heterocycles. The predicted molar refractivity (Wildman–Crippen MR) is 85.2 cm³/mol. The van der Waals surface area contributed by atoms with E-state index in [9.17, 15) is 0 Å². The molecule has 0 radical (unpaired) electrons. The van der Waals surface area contributed by atoms with E-state index >= 15 is 0 Å². The Labute approximate surface area is 121 Å². The van der Waals surface area contributed by atoms with Gasteiger partial charge >= 0.3 is 0 Å². The molecule has 0 spiro atoms. The Bertz CT molecular complexity index is 736. The van der Waals surface area contributed by atoms with Crippen LogP contribution in [0.15, 0.2) is 36.0 Å². The van der Waals surface area contributed by atoms with Crippen LogP contribution in [0.4, 0.5) is 11.4 Å². The lowest BCUT2D eigenvalue weighted by molar-refractivity contribution is 0.970. The zero-order valence-electron chi connectivity index (χ0n) is 11.3. The van der Waals surface area contributed by atoms with E-state index < -0.39 is 0 Å². The monoisotopic (exact) mass is 284 g/mol. The number of anilines is 2. The number of hydrogen-bond acceptors (Lipinski definition) is 5. The molecule has 0 saturated carbocycles. The SMILES string of the molecule is Cc1nc(CCNc2ccc(N)c3ccncc23)cs1. The zero-order valence-corrected chi connectivity index (χ0v) is 12.1. The number of nitrogens with zero attached hydrogens (tertiary/aromatic N) is 2. The molecule has 3 rings (SSSR count). The molecule has 0 saturated heterocycles. The Balaban J connectivity index is 1.76. The van der Waals surface area contributed by atoms with Gasteiger partial charge in [0.05, 0.1) is 10.7 Å². The standard InChI is InChI=1S/C15H16N4S/c1-10-19-11(9-20-10)4-7-18-15-3-2-14(16)12-5-6-17-8-13(12)15/h2-3,5-6,8-9,18H,4,7,16H2,1H3. The Morgan fingerprint density at radius 3 is 2.95 bits per heavy atom. The Hall–Kier alpha value is -2.14. The van der Waals surface area contributed by atoms with E-state index in [1.54, 1.807) is 17.5 Å². The van der Waals surface area contributed by atoms with Crippen LogP contribution in [0, 0.1) is 6.92 Å². The van der Waals surface area contributed by atoms with Crippen molar-refractivity contribution in [2.24, 2.45) is 0 Å². The molecule has 4 nitrogen and oxygen atoms in total. The van der Waals surface area contributed by atoms with Crippen LogP contribution in [0.5, 0.6) is 0 Å². The van der Waals surface area contributed by atoms with E-state index in [1.165, 1.54) is 0 Å². The van der Waals surface area contributed by atoms with Crippen molar-refractivity contribution in [2.75, 3.05) is 17.6 Å². The maximum atomic E-state index is 5.98. The summed E-state index contributed by atoms with van der Waals surface area (Å²) in [6.07, 6.45) is 4.53. The summed E-state index contributed by atoms with van der Waals surface area (Å²) in [7, 11) is 0. The third-order valence-electron chi connectivity index (χ3n) is 3.21. The zero-order chi connectivity index (χ0) is 13.9. The molecular weight excluding hydrogens is 268 g/mol. The molecule has 3 aromatic rings. The summed E-state index contributed by atoms with van der Waals surface area (Å²) in [5, 5.41) is 8.76. The highest BCUT2D eigenvalue weighted by atomic mass is 32.1. The summed E-state index contributed by atoms with van der Waals surface area (Å²) in [6.45, 7) is 2.87. The van der Waals surface area contributed by atoms with Crippen molar-refractivity contribution in [1.82, 2.24) is 9.97 Å². The van der Waals surface area contributed by atoms with Crippen molar-refractivity contribution in [3.63, 3.8) is 0 Å². The molecule has 0 amide bonds. The fraction of sp³-hybridized carbons (Fsp3) is 0.200. The molecule has 2 aromatic heterocycles. The minimum atomic E-state index is 0.781. The van der Waals surface area contributed by atoms with Crippen LogP contribution in [0.3, 0.4) is 0 Å². The number of rotatable bonds is 4. The van der Waals surface area contributed by atoms with Crippen LogP contribution >= 0.6 is 11.3 Å². The molecule has 20 heavy (non-hydrogen) atoms. The first-order valence-corrected chi connectivity index (χ1v) is 7.39. The molecule has 1 aromatic carbocycles. The lowest BCUT2D eigenvalue weighted by Crippen LogP contribution is -2.06. The fourth-order valence-electron chi connectivity index (χ4n) is 2.22. The van der Waals surface area contributed by atoms with Crippen molar-refractivity contribution in [3.05, 3.63) is 46.7 Å². The summed E-state index contributed by atoms with van der Waals surface area (Å²) < 4.78 is 0. The van der Waals surface area contributed by atoms with Gasteiger partial charge in [0, 0.05) is 52.9 Å². The number of nitrogens with one attached hydrogen (secondary N) is 1. The van der Waals surface area contributed by atoms with E-state index in [0.29, 0.717) is 0 Å². The fourth-order valence-corrected chi connectivity index (χ4v) is 2.86. The Morgan fingerprint density at radius 2 is 2.15 bits per heavy atom. The van der Waals surface area contributed by atoms with Crippen molar-refractivity contribution in [1.29, 1.82) is 0 Å². The number of thiazole rings is 1. The second kappa shape index (κ2) is 5.46. The van der Waals surface area contributed by atoms with Gasteiger partial charge in [0.15, 0.2) is 0 Å². The number of hydrogen-bond donors (Lipinski definition) is 2. The summed E-state index contributed by atoms with van der Waals surface area (Å²) in [5.74, 6) is 0. The highest BCUT2D eigenvalue weighted by molar-refractivity contribution is 7.09.